The van der Waals surface area contributed by atoms with Gasteiger partial charge >= 0.3 is 0 Å². The van der Waals surface area contributed by atoms with Crippen LogP contribution in [-0.2, 0) is 9.59 Å². The highest BCUT2D eigenvalue weighted by atomic mass is 16.5. The van der Waals surface area contributed by atoms with Crippen molar-refractivity contribution in [1.82, 2.24) is 10.2 Å². The number of hydrogen-bond acceptors (Lipinski definition) is 3. The Balaban J connectivity index is 1.60. The first kappa shape index (κ1) is 17.8. The lowest BCUT2D eigenvalue weighted by Gasteiger charge is -2.23. The number of rotatable bonds is 6. The maximum atomic E-state index is 12.7. The summed E-state index contributed by atoms with van der Waals surface area (Å²) in [5.74, 6) is 1.44. The molecule has 0 radical (unpaired) electrons. The maximum absolute atomic E-state index is 12.7. The molecule has 136 valence electrons. The summed E-state index contributed by atoms with van der Waals surface area (Å²) in [4.78, 5) is 26.7. The van der Waals surface area contributed by atoms with Crippen LogP contribution in [0.5, 0.6) is 5.75 Å². The molecule has 1 aromatic carbocycles. The summed E-state index contributed by atoms with van der Waals surface area (Å²) in [6, 6.07) is 9.16. The predicted molar refractivity (Wildman–Crippen MR) is 96.2 cm³/mol. The predicted octanol–water partition coefficient (Wildman–Crippen LogP) is 2.75. The molecule has 3 rings (SSSR count). The van der Waals surface area contributed by atoms with Crippen molar-refractivity contribution < 1.29 is 14.3 Å². The van der Waals surface area contributed by atoms with Crippen molar-refractivity contribution in [1.29, 1.82) is 0 Å². The molecule has 1 saturated carbocycles. The summed E-state index contributed by atoms with van der Waals surface area (Å²) in [6.07, 6.45) is 6.95. The van der Waals surface area contributed by atoms with Crippen molar-refractivity contribution in [3.63, 3.8) is 0 Å². The Morgan fingerprint density at radius 2 is 1.92 bits per heavy atom. The second-order valence-electron chi connectivity index (χ2n) is 7.15. The average molecular weight is 344 g/mol. The van der Waals surface area contributed by atoms with Gasteiger partial charge in [0.05, 0.1) is 6.54 Å². The lowest BCUT2D eigenvalue weighted by molar-refractivity contribution is -0.138. The molecule has 5 heteroatoms. The topological polar surface area (TPSA) is 58.6 Å². The van der Waals surface area contributed by atoms with Gasteiger partial charge in [-0.05, 0) is 24.5 Å². The molecular weight excluding hydrogens is 316 g/mol. The van der Waals surface area contributed by atoms with E-state index < -0.39 is 6.04 Å². The maximum Gasteiger partial charge on any atom is 0.242 e. The first-order chi connectivity index (χ1) is 12.2. The summed E-state index contributed by atoms with van der Waals surface area (Å²) in [5.41, 5.74) is 0. The third-order valence-corrected chi connectivity index (χ3v) is 5.42. The van der Waals surface area contributed by atoms with Crippen molar-refractivity contribution in [3.05, 3.63) is 30.3 Å². The van der Waals surface area contributed by atoms with E-state index in [1.807, 2.05) is 30.3 Å². The Labute approximate surface area is 149 Å². The summed E-state index contributed by atoms with van der Waals surface area (Å²) in [7, 11) is 1.62. The Bertz CT molecular complexity index is 584. The van der Waals surface area contributed by atoms with Crippen molar-refractivity contribution in [3.8, 4) is 5.75 Å². The van der Waals surface area contributed by atoms with Gasteiger partial charge in [-0.25, -0.2) is 0 Å². The van der Waals surface area contributed by atoms with Gasteiger partial charge in [-0.3, -0.25) is 9.59 Å². The number of nitrogens with one attached hydrogen (secondary N) is 1. The molecule has 1 aliphatic heterocycles. The largest absolute Gasteiger partial charge is 0.488 e. The van der Waals surface area contributed by atoms with Crippen LogP contribution in [0.4, 0.5) is 0 Å². The summed E-state index contributed by atoms with van der Waals surface area (Å²) in [6.45, 7) is 0.483. The number of likely N-dealkylation sites (N-methyl/N-ethyl adjacent to an activating group) is 1. The molecule has 1 heterocycles. The van der Waals surface area contributed by atoms with Gasteiger partial charge < -0.3 is 15.0 Å². The number of ether oxygens (including phenoxy) is 1. The number of para-hydroxylation sites is 1. The molecular formula is C20H28N2O3. The van der Waals surface area contributed by atoms with E-state index in [4.69, 9.17) is 4.74 Å². The van der Waals surface area contributed by atoms with Crippen LogP contribution >= 0.6 is 0 Å². The highest BCUT2D eigenvalue weighted by Gasteiger charge is 2.40. The second kappa shape index (κ2) is 8.37. The SMILES string of the molecule is CNC(=O)[C@@H]1C[C@H](Oc2ccccc2)CN1C(=O)CCC1CCCC1. The average Bonchev–Trinajstić information content (AvgIpc) is 3.29. The van der Waals surface area contributed by atoms with Crippen LogP contribution in [0.1, 0.15) is 44.9 Å². The summed E-state index contributed by atoms with van der Waals surface area (Å²) < 4.78 is 5.98. The van der Waals surface area contributed by atoms with Gasteiger partial charge in [0, 0.05) is 19.9 Å². The van der Waals surface area contributed by atoms with Crippen LogP contribution in [0, 0.1) is 5.92 Å². The molecule has 2 aliphatic rings. The fourth-order valence-corrected chi connectivity index (χ4v) is 4.04. The minimum absolute atomic E-state index is 0.0830. The van der Waals surface area contributed by atoms with E-state index in [-0.39, 0.29) is 17.9 Å². The van der Waals surface area contributed by atoms with Gasteiger partial charge in [0.25, 0.3) is 0 Å². The van der Waals surface area contributed by atoms with Crippen molar-refractivity contribution >= 4 is 11.8 Å². The Hall–Kier alpha value is -2.04. The lowest BCUT2D eigenvalue weighted by atomic mass is 10.0. The van der Waals surface area contributed by atoms with Crippen molar-refractivity contribution in [2.45, 2.75) is 57.1 Å². The van der Waals surface area contributed by atoms with E-state index in [2.05, 4.69) is 5.32 Å². The van der Waals surface area contributed by atoms with E-state index >= 15 is 0 Å². The number of hydrogen-bond donors (Lipinski definition) is 1. The van der Waals surface area contributed by atoms with Gasteiger partial charge in [-0.15, -0.1) is 0 Å². The van der Waals surface area contributed by atoms with Gasteiger partial charge in [0.1, 0.15) is 17.9 Å². The number of carbonyl (C=O) groups excluding carboxylic acids is 2. The van der Waals surface area contributed by atoms with Crippen LogP contribution in [0.15, 0.2) is 30.3 Å². The van der Waals surface area contributed by atoms with Crippen LogP contribution in [0.25, 0.3) is 0 Å². The zero-order valence-electron chi connectivity index (χ0n) is 14.9. The molecule has 0 spiro atoms. The molecule has 0 aromatic heterocycles. The molecule has 0 bridgehead atoms. The summed E-state index contributed by atoms with van der Waals surface area (Å²) in [5, 5.41) is 2.69. The first-order valence-corrected chi connectivity index (χ1v) is 9.40. The molecule has 1 aromatic rings. The quantitative estimate of drug-likeness (QED) is 0.863. The van der Waals surface area contributed by atoms with Gasteiger partial charge in [0.2, 0.25) is 11.8 Å². The Kier molecular flexibility index (Phi) is 5.95. The van der Waals surface area contributed by atoms with Crippen LogP contribution in [-0.4, -0.2) is 42.5 Å². The molecule has 1 N–H and O–H groups in total. The molecule has 2 amide bonds. The first-order valence-electron chi connectivity index (χ1n) is 9.40. The molecule has 2 atom stereocenters. The van der Waals surface area contributed by atoms with Crippen LogP contribution < -0.4 is 10.1 Å². The zero-order chi connectivity index (χ0) is 17.6. The molecule has 0 unspecified atom stereocenters. The molecule has 5 nitrogen and oxygen atoms in total. The minimum Gasteiger partial charge on any atom is -0.488 e. The third kappa shape index (κ3) is 4.53. The van der Waals surface area contributed by atoms with Crippen molar-refractivity contribution in [2.75, 3.05) is 13.6 Å². The highest BCUT2D eigenvalue weighted by Crippen LogP contribution is 2.30. The molecule has 1 aliphatic carbocycles. The molecule has 1 saturated heterocycles. The van der Waals surface area contributed by atoms with E-state index in [0.717, 1.165) is 12.2 Å². The fourth-order valence-electron chi connectivity index (χ4n) is 4.04. The van der Waals surface area contributed by atoms with E-state index in [1.54, 1.807) is 11.9 Å². The number of carbonyl (C=O) groups is 2. The monoisotopic (exact) mass is 344 g/mol. The minimum atomic E-state index is -0.421. The highest BCUT2D eigenvalue weighted by molar-refractivity contribution is 5.88. The van der Waals surface area contributed by atoms with Crippen LogP contribution in [0.2, 0.25) is 0 Å². The van der Waals surface area contributed by atoms with E-state index in [9.17, 15) is 9.59 Å². The molecule has 2 fully saturated rings. The van der Waals surface area contributed by atoms with E-state index in [1.165, 1.54) is 25.7 Å². The van der Waals surface area contributed by atoms with Crippen LogP contribution in [0.3, 0.4) is 0 Å². The van der Waals surface area contributed by atoms with Gasteiger partial charge in [-0.1, -0.05) is 43.9 Å². The standard InChI is InChI=1S/C20H28N2O3/c1-21-20(24)18-13-17(25-16-9-3-2-4-10-16)14-22(18)19(23)12-11-15-7-5-6-8-15/h2-4,9-10,15,17-18H,5-8,11-14H2,1H3,(H,21,24)/t17-,18-/m0/s1. The Morgan fingerprint density at radius 1 is 1.20 bits per heavy atom. The number of amides is 2. The summed E-state index contributed by atoms with van der Waals surface area (Å²) >= 11 is 0. The third-order valence-electron chi connectivity index (χ3n) is 5.42. The number of benzene rings is 1. The number of nitrogens with zero attached hydrogens (tertiary/aromatic N) is 1. The fraction of sp³-hybridized carbons (Fsp3) is 0.600. The number of likely N-dealkylation sites (tertiary alicyclic amines) is 1. The van der Waals surface area contributed by atoms with Gasteiger partial charge in [0.15, 0.2) is 0 Å². The smallest absolute Gasteiger partial charge is 0.242 e. The lowest BCUT2D eigenvalue weighted by Crippen LogP contribution is -2.45. The Morgan fingerprint density at radius 3 is 2.60 bits per heavy atom. The van der Waals surface area contributed by atoms with Gasteiger partial charge in [-0.2, -0.15) is 0 Å². The van der Waals surface area contributed by atoms with E-state index in [0.29, 0.717) is 25.3 Å². The zero-order valence-corrected chi connectivity index (χ0v) is 14.9. The second-order valence-corrected chi connectivity index (χ2v) is 7.15. The van der Waals surface area contributed by atoms with Crippen molar-refractivity contribution in [2.24, 2.45) is 5.92 Å². The molecule has 25 heavy (non-hydrogen) atoms. The normalized spacial score (nSPS) is 23.6.